The number of alkyl halides is 3. The Hall–Kier alpha value is -1.86. The van der Waals surface area contributed by atoms with E-state index < -0.39 is 22.7 Å². The molecular weight excluding hydrogens is 205 g/mol. The van der Waals surface area contributed by atoms with Gasteiger partial charge in [0, 0.05) is 12.3 Å². The van der Waals surface area contributed by atoms with E-state index in [1.807, 2.05) is 0 Å². The average Bonchev–Trinajstić information content (AvgIpc) is 2.01. The number of nitrogens with zero attached hydrogens (tertiary/aromatic N) is 2. The highest BCUT2D eigenvalue weighted by atomic mass is 19.4. The molecule has 0 atom stereocenters. The van der Waals surface area contributed by atoms with Crippen molar-refractivity contribution >= 4 is 5.69 Å². The molecule has 1 aromatic heterocycles. The lowest BCUT2D eigenvalue weighted by Gasteiger charge is -2.07. The molecule has 0 aliphatic carbocycles. The topological polar surface area (TPSA) is 65.3 Å². The molecule has 1 heterocycles. The van der Waals surface area contributed by atoms with Crippen LogP contribution < -0.4 is 4.74 Å². The fourth-order valence-corrected chi connectivity index (χ4v) is 0.727. The van der Waals surface area contributed by atoms with Gasteiger partial charge in [-0.1, -0.05) is 0 Å². The molecule has 0 aliphatic rings. The van der Waals surface area contributed by atoms with Gasteiger partial charge >= 0.3 is 12.0 Å². The summed E-state index contributed by atoms with van der Waals surface area (Å²) in [6.07, 6.45) is -3.33. The predicted octanol–water partition coefficient (Wildman–Crippen LogP) is 1.89. The van der Waals surface area contributed by atoms with E-state index in [-0.39, 0.29) is 0 Å². The molecule has 14 heavy (non-hydrogen) atoms. The number of ether oxygens (including phenoxy) is 1. The number of hydrogen-bond acceptors (Lipinski definition) is 4. The van der Waals surface area contributed by atoms with E-state index in [2.05, 4.69) is 9.72 Å². The number of pyridine rings is 1. The molecule has 0 radical (unpaired) electrons. The summed E-state index contributed by atoms with van der Waals surface area (Å²) < 4.78 is 38.5. The van der Waals surface area contributed by atoms with Crippen molar-refractivity contribution in [1.29, 1.82) is 0 Å². The van der Waals surface area contributed by atoms with Gasteiger partial charge in [-0.2, -0.15) is 0 Å². The first-order chi connectivity index (χ1) is 6.40. The summed E-state index contributed by atoms with van der Waals surface area (Å²) in [5.74, 6) is -0.926. The van der Waals surface area contributed by atoms with E-state index in [0.717, 1.165) is 12.3 Å². The zero-order valence-corrected chi connectivity index (χ0v) is 6.49. The Kier molecular flexibility index (Phi) is 2.54. The minimum atomic E-state index is -4.96. The molecule has 8 heteroatoms. The second kappa shape index (κ2) is 3.48. The number of halogens is 3. The molecule has 0 fully saturated rings. The first-order valence-corrected chi connectivity index (χ1v) is 3.24. The van der Waals surface area contributed by atoms with Gasteiger partial charge in [-0.25, -0.2) is 0 Å². The molecule has 1 aromatic rings. The van der Waals surface area contributed by atoms with Gasteiger partial charge in [0.25, 0.3) is 0 Å². The minimum Gasteiger partial charge on any atom is -0.397 e. The standard InChI is InChI=1S/C6H3F3N2O3/c7-6(8,9)14-5-3-10-2-1-4(5)11(12)13/h1-3H. The Labute approximate surface area is 75.3 Å². The van der Waals surface area contributed by atoms with Crippen LogP contribution in [0.1, 0.15) is 0 Å². The maximum Gasteiger partial charge on any atom is 0.573 e. The van der Waals surface area contributed by atoms with Crippen LogP contribution in [0.2, 0.25) is 0 Å². The highest BCUT2D eigenvalue weighted by molar-refractivity contribution is 5.43. The van der Waals surface area contributed by atoms with Crippen molar-refractivity contribution < 1.29 is 22.8 Å². The van der Waals surface area contributed by atoms with E-state index in [1.54, 1.807) is 0 Å². The molecule has 0 aliphatic heterocycles. The monoisotopic (exact) mass is 208 g/mol. The van der Waals surface area contributed by atoms with E-state index in [9.17, 15) is 23.3 Å². The first-order valence-electron chi connectivity index (χ1n) is 3.24. The van der Waals surface area contributed by atoms with Crippen molar-refractivity contribution in [2.24, 2.45) is 0 Å². The predicted molar refractivity (Wildman–Crippen MR) is 37.6 cm³/mol. The fraction of sp³-hybridized carbons (Fsp3) is 0.167. The largest absolute Gasteiger partial charge is 0.573 e. The van der Waals surface area contributed by atoms with Crippen LogP contribution in [0.3, 0.4) is 0 Å². The van der Waals surface area contributed by atoms with E-state index in [1.165, 1.54) is 0 Å². The summed E-state index contributed by atoms with van der Waals surface area (Å²) in [5.41, 5.74) is -0.780. The molecule has 76 valence electrons. The minimum absolute atomic E-state index is 0.631. The second-order valence-corrected chi connectivity index (χ2v) is 2.15. The Balaban J connectivity index is 3.02. The summed E-state index contributed by atoms with van der Waals surface area (Å²) >= 11 is 0. The summed E-state index contributed by atoms with van der Waals surface area (Å²) in [4.78, 5) is 12.5. The molecule has 0 saturated carbocycles. The van der Waals surface area contributed by atoms with Crippen LogP contribution >= 0.6 is 0 Å². The second-order valence-electron chi connectivity index (χ2n) is 2.15. The van der Waals surface area contributed by atoms with Crippen molar-refractivity contribution in [2.45, 2.75) is 6.36 Å². The summed E-state index contributed by atoms with van der Waals surface area (Å²) in [6.45, 7) is 0. The van der Waals surface area contributed by atoms with Gasteiger partial charge in [-0.3, -0.25) is 15.1 Å². The lowest BCUT2D eigenvalue weighted by molar-refractivity contribution is -0.388. The third-order valence-electron chi connectivity index (χ3n) is 1.19. The molecule has 0 bridgehead atoms. The van der Waals surface area contributed by atoms with Crippen molar-refractivity contribution in [1.82, 2.24) is 4.98 Å². The van der Waals surface area contributed by atoms with Crippen LogP contribution in [-0.4, -0.2) is 16.3 Å². The molecule has 0 unspecified atom stereocenters. The molecule has 0 aromatic carbocycles. The van der Waals surface area contributed by atoms with Crippen molar-refractivity contribution in [3.63, 3.8) is 0 Å². The smallest absolute Gasteiger partial charge is 0.397 e. The summed E-state index contributed by atoms with van der Waals surface area (Å²) in [5, 5.41) is 10.2. The summed E-state index contributed by atoms with van der Waals surface area (Å²) in [6, 6.07) is 0.821. The third-order valence-corrected chi connectivity index (χ3v) is 1.19. The Morgan fingerprint density at radius 2 is 2.14 bits per heavy atom. The van der Waals surface area contributed by atoms with Gasteiger partial charge in [0.2, 0.25) is 5.75 Å². The number of hydrogen-bond donors (Lipinski definition) is 0. The van der Waals surface area contributed by atoms with E-state index in [0.29, 0.717) is 6.20 Å². The Morgan fingerprint density at radius 3 is 2.64 bits per heavy atom. The van der Waals surface area contributed by atoms with Gasteiger partial charge in [-0.05, 0) is 0 Å². The van der Waals surface area contributed by atoms with Gasteiger partial charge in [0.15, 0.2) is 0 Å². The maximum absolute atomic E-state index is 11.7. The average molecular weight is 208 g/mol. The zero-order chi connectivity index (χ0) is 10.8. The SMILES string of the molecule is O=[N+]([O-])c1ccncc1OC(F)(F)F. The molecular formula is C6H3F3N2O3. The van der Waals surface area contributed by atoms with Crippen LogP contribution in [0, 0.1) is 10.1 Å². The van der Waals surface area contributed by atoms with Crippen LogP contribution in [0.15, 0.2) is 18.5 Å². The van der Waals surface area contributed by atoms with Gasteiger partial charge in [0.05, 0.1) is 11.1 Å². The molecule has 0 N–H and O–H groups in total. The van der Waals surface area contributed by atoms with Crippen molar-refractivity contribution in [3.8, 4) is 5.75 Å². The summed E-state index contributed by atoms with van der Waals surface area (Å²) in [7, 11) is 0. The Morgan fingerprint density at radius 1 is 1.50 bits per heavy atom. The molecule has 0 amide bonds. The van der Waals surface area contributed by atoms with Gasteiger partial charge < -0.3 is 4.74 Å². The normalized spacial score (nSPS) is 11.1. The van der Waals surface area contributed by atoms with E-state index in [4.69, 9.17) is 0 Å². The number of aromatic nitrogens is 1. The third kappa shape index (κ3) is 2.57. The molecule has 0 saturated heterocycles. The lowest BCUT2D eigenvalue weighted by Crippen LogP contribution is -2.18. The van der Waals surface area contributed by atoms with Crippen molar-refractivity contribution in [3.05, 3.63) is 28.6 Å². The Bertz CT molecular complexity index is 352. The maximum atomic E-state index is 11.7. The molecule has 0 spiro atoms. The zero-order valence-electron chi connectivity index (χ0n) is 6.49. The van der Waals surface area contributed by atoms with Gasteiger partial charge in [-0.15, -0.1) is 13.2 Å². The first kappa shape index (κ1) is 10.2. The lowest BCUT2D eigenvalue weighted by atomic mass is 10.4. The number of rotatable bonds is 2. The molecule has 1 rings (SSSR count). The highest BCUT2D eigenvalue weighted by Crippen LogP contribution is 2.30. The molecule has 5 nitrogen and oxygen atoms in total. The highest BCUT2D eigenvalue weighted by Gasteiger charge is 2.34. The number of nitro groups is 1. The van der Waals surface area contributed by atoms with E-state index >= 15 is 0 Å². The quantitative estimate of drug-likeness (QED) is 0.549. The van der Waals surface area contributed by atoms with Crippen LogP contribution in [0.5, 0.6) is 5.75 Å². The van der Waals surface area contributed by atoms with Gasteiger partial charge in [0.1, 0.15) is 0 Å². The fourth-order valence-electron chi connectivity index (χ4n) is 0.727. The van der Waals surface area contributed by atoms with Crippen LogP contribution in [-0.2, 0) is 0 Å². The van der Waals surface area contributed by atoms with Crippen molar-refractivity contribution in [2.75, 3.05) is 0 Å². The van der Waals surface area contributed by atoms with Crippen LogP contribution in [0.25, 0.3) is 0 Å². The van der Waals surface area contributed by atoms with Crippen LogP contribution in [0.4, 0.5) is 18.9 Å².